The SMILES string of the molecule is COCCNCCCCN(C)C1CCS(=O)(=O)C1. The molecule has 18 heavy (non-hydrogen) atoms. The second-order valence-electron chi connectivity index (χ2n) is 4.99. The van der Waals surface area contributed by atoms with Gasteiger partial charge in [0, 0.05) is 19.7 Å². The maximum atomic E-state index is 11.4. The summed E-state index contributed by atoms with van der Waals surface area (Å²) in [5, 5.41) is 3.30. The Morgan fingerprint density at radius 2 is 2.11 bits per heavy atom. The highest BCUT2D eigenvalue weighted by Crippen LogP contribution is 2.16. The van der Waals surface area contributed by atoms with Gasteiger partial charge < -0.3 is 15.0 Å². The Bertz CT molecular complexity index is 319. The van der Waals surface area contributed by atoms with E-state index >= 15 is 0 Å². The number of unbranched alkanes of at least 4 members (excludes halogenated alkanes) is 1. The standard InChI is InChI=1S/C12H26N2O3S/c1-14(12-5-10-18(15,16)11-12)8-4-3-6-13-7-9-17-2/h12-13H,3-11H2,1-2H3. The van der Waals surface area contributed by atoms with Gasteiger partial charge >= 0.3 is 0 Å². The molecular formula is C12H26N2O3S. The predicted octanol–water partition coefficient (Wildman–Crippen LogP) is 0.122. The summed E-state index contributed by atoms with van der Waals surface area (Å²) in [5.74, 6) is 0.705. The van der Waals surface area contributed by atoms with E-state index in [0.29, 0.717) is 11.5 Å². The Morgan fingerprint density at radius 1 is 1.33 bits per heavy atom. The second-order valence-corrected chi connectivity index (χ2v) is 7.22. The van der Waals surface area contributed by atoms with Crippen molar-refractivity contribution < 1.29 is 13.2 Å². The molecule has 1 unspecified atom stereocenters. The van der Waals surface area contributed by atoms with E-state index < -0.39 is 9.84 Å². The Labute approximate surface area is 111 Å². The lowest BCUT2D eigenvalue weighted by Crippen LogP contribution is -2.33. The van der Waals surface area contributed by atoms with Crippen LogP contribution in [0.4, 0.5) is 0 Å². The van der Waals surface area contributed by atoms with Crippen molar-refractivity contribution in [2.45, 2.75) is 25.3 Å². The minimum atomic E-state index is -2.75. The fraction of sp³-hybridized carbons (Fsp3) is 1.00. The highest BCUT2D eigenvalue weighted by atomic mass is 32.2. The molecule has 1 saturated heterocycles. The van der Waals surface area contributed by atoms with E-state index in [1.807, 2.05) is 7.05 Å². The average molecular weight is 278 g/mol. The van der Waals surface area contributed by atoms with Gasteiger partial charge in [0.05, 0.1) is 18.1 Å². The first-order chi connectivity index (χ1) is 8.55. The maximum Gasteiger partial charge on any atom is 0.151 e. The minimum Gasteiger partial charge on any atom is -0.383 e. The molecule has 0 radical (unpaired) electrons. The van der Waals surface area contributed by atoms with E-state index in [4.69, 9.17) is 4.74 Å². The summed E-state index contributed by atoms with van der Waals surface area (Å²) in [6, 6.07) is 0.233. The fourth-order valence-electron chi connectivity index (χ4n) is 2.22. The van der Waals surface area contributed by atoms with Gasteiger partial charge in [0.2, 0.25) is 0 Å². The Morgan fingerprint density at radius 3 is 2.72 bits per heavy atom. The van der Waals surface area contributed by atoms with Crippen LogP contribution in [-0.4, -0.2) is 71.3 Å². The van der Waals surface area contributed by atoms with E-state index in [2.05, 4.69) is 10.2 Å². The third-order valence-corrected chi connectivity index (χ3v) is 5.18. The van der Waals surface area contributed by atoms with Gasteiger partial charge in [0.25, 0.3) is 0 Å². The van der Waals surface area contributed by atoms with E-state index in [0.717, 1.165) is 45.5 Å². The molecule has 5 nitrogen and oxygen atoms in total. The van der Waals surface area contributed by atoms with Crippen LogP contribution in [0.5, 0.6) is 0 Å². The van der Waals surface area contributed by atoms with Crippen LogP contribution in [-0.2, 0) is 14.6 Å². The van der Waals surface area contributed by atoms with Gasteiger partial charge in [-0.1, -0.05) is 0 Å². The highest BCUT2D eigenvalue weighted by molar-refractivity contribution is 7.91. The summed E-state index contributed by atoms with van der Waals surface area (Å²) in [5.41, 5.74) is 0. The van der Waals surface area contributed by atoms with Crippen LogP contribution in [0.2, 0.25) is 0 Å². The Kier molecular flexibility index (Phi) is 7.14. The second kappa shape index (κ2) is 8.09. The van der Waals surface area contributed by atoms with Crippen molar-refractivity contribution in [1.82, 2.24) is 10.2 Å². The van der Waals surface area contributed by atoms with Crippen LogP contribution >= 0.6 is 0 Å². The summed E-state index contributed by atoms with van der Waals surface area (Å²) >= 11 is 0. The van der Waals surface area contributed by atoms with Crippen molar-refractivity contribution in [2.75, 3.05) is 51.9 Å². The monoisotopic (exact) mass is 278 g/mol. The minimum absolute atomic E-state index is 0.233. The number of ether oxygens (including phenoxy) is 1. The lowest BCUT2D eigenvalue weighted by molar-refractivity contribution is 0.199. The van der Waals surface area contributed by atoms with Crippen molar-refractivity contribution in [1.29, 1.82) is 0 Å². The summed E-state index contributed by atoms with van der Waals surface area (Å²) in [7, 11) is 0.978. The summed E-state index contributed by atoms with van der Waals surface area (Å²) in [6.07, 6.45) is 3.02. The first kappa shape index (κ1) is 15.9. The van der Waals surface area contributed by atoms with Gasteiger partial charge in [-0.15, -0.1) is 0 Å². The highest BCUT2D eigenvalue weighted by Gasteiger charge is 2.30. The summed E-state index contributed by atoms with van der Waals surface area (Å²) in [4.78, 5) is 2.19. The number of methoxy groups -OCH3 is 1. The number of nitrogens with zero attached hydrogens (tertiary/aromatic N) is 1. The first-order valence-electron chi connectivity index (χ1n) is 6.65. The average Bonchev–Trinajstić information content (AvgIpc) is 2.68. The van der Waals surface area contributed by atoms with Crippen molar-refractivity contribution in [3.05, 3.63) is 0 Å². The van der Waals surface area contributed by atoms with Crippen molar-refractivity contribution in [3.8, 4) is 0 Å². The smallest absolute Gasteiger partial charge is 0.151 e. The van der Waals surface area contributed by atoms with Gasteiger partial charge in [-0.3, -0.25) is 0 Å². The van der Waals surface area contributed by atoms with Crippen LogP contribution in [0.1, 0.15) is 19.3 Å². The largest absolute Gasteiger partial charge is 0.383 e. The molecule has 0 spiro atoms. The third kappa shape index (κ3) is 6.13. The number of rotatable bonds is 9. The van der Waals surface area contributed by atoms with Gasteiger partial charge in [-0.25, -0.2) is 8.42 Å². The number of hydrogen-bond acceptors (Lipinski definition) is 5. The molecule has 0 aliphatic carbocycles. The molecule has 1 rings (SSSR count). The Hall–Kier alpha value is -0.170. The molecular weight excluding hydrogens is 252 g/mol. The lowest BCUT2D eigenvalue weighted by Gasteiger charge is -2.22. The first-order valence-corrected chi connectivity index (χ1v) is 8.47. The van der Waals surface area contributed by atoms with Crippen LogP contribution < -0.4 is 5.32 Å². The molecule has 0 aromatic carbocycles. The van der Waals surface area contributed by atoms with Crippen LogP contribution in [0.25, 0.3) is 0 Å². The molecule has 0 bridgehead atoms. The molecule has 1 fully saturated rings. The molecule has 0 amide bonds. The van der Waals surface area contributed by atoms with Gasteiger partial charge in [0.1, 0.15) is 0 Å². The molecule has 1 aliphatic heterocycles. The number of hydrogen-bond donors (Lipinski definition) is 1. The fourth-order valence-corrected chi connectivity index (χ4v) is 4.02. The van der Waals surface area contributed by atoms with Gasteiger partial charge in [0.15, 0.2) is 9.84 Å². The molecule has 1 heterocycles. The van der Waals surface area contributed by atoms with Crippen LogP contribution in [0.15, 0.2) is 0 Å². The topological polar surface area (TPSA) is 58.6 Å². The van der Waals surface area contributed by atoms with E-state index in [1.165, 1.54) is 0 Å². The molecule has 6 heteroatoms. The summed E-state index contributed by atoms with van der Waals surface area (Å²) < 4.78 is 27.7. The van der Waals surface area contributed by atoms with Gasteiger partial charge in [-0.2, -0.15) is 0 Å². The molecule has 0 aromatic heterocycles. The summed E-state index contributed by atoms with van der Waals surface area (Å²) in [6.45, 7) is 3.62. The van der Waals surface area contributed by atoms with E-state index in [9.17, 15) is 8.42 Å². The van der Waals surface area contributed by atoms with Crippen LogP contribution in [0.3, 0.4) is 0 Å². The molecule has 0 saturated carbocycles. The molecule has 1 aliphatic rings. The van der Waals surface area contributed by atoms with Crippen molar-refractivity contribution >= 4 is 9.84 Å². The quantitative estimate of drug-likeness (QED) is 0.607. The zero-order valence-electron chi connectivity index (χ0n) is 11.5. The molecule has 1 atom stereocenters. The zero-order valence-corrected chi connectivity index (χ0v) is 12.3. The third-order valence-electron chi connectivity index (χ3n) is 3.43. The number of nitrogens with one attached hydrogen (secondary N) is 1. The normalized spacial score (nSPS) is 22.7. The molecule has 108 valence electrons. The Balaban J connectivity index is 2.02. The van der Waals surface area contributed by atoms with Gasteiger partial charge in [-0.05, 0) is 39.4 Å². The maximum absolute atomic E-state index is 11.4. The molecule has 0 aromatic rings. The zero-order chi connectivity index (χ0) is 13.4. The van der Waals surface area contributed by atoms with E-state index in [1.54, 1.807) is 7.11 Å². The lowest BCUT2D eigenvalue weighted by atomic mass is 10.2. The predicted molar refractivity (Wildman–Crippen MR) is 73.7 cm³/mol. The van der Waals surface area contributed by atoms with Crippen LogP contribution in [0, 0.1) is 0 Å². The molecule has 1 N–H and O–H groups in total. The van der Waals surface area contributed by atoms with Crippen molar-refractivity contribution in [2.24, 2.45) is 0 Å². The van der Waals surface area contributed by atoms with Crippen molar-refractivity contribution in [3.63, 3.8) is 0 Å². The van der Waals surface area contributed by atoms with E-state index in [-0.39, 0.29) is 6.04 Å². The number of sulfone groups is 1.